The van der Waals surface area contributed by atoms with Crippen LogP contribution in [0.3, 0.4) is 0 Å². The van der Waals surface area contributed by atoms with E-state index in [1.807, 2.05) is 42.1 Å². The average molecular weight is 336 g/mol. The molecule has 0 radical (unpaired) electrons. The molecule has 0 aliphatic carbocycles. The molecule has 1 saturated heterocycles. The quantitative estimate of drug-likeness (QED) is 0.844. The number of halogens is 1. The van der Waals surface area contributed by atoms with Gasteiger partial charge in [0.1, 0.15) is 5.02 Å². The lowest BCUT2D eigenvalue weighted by Crippen LogP contribution is -2.45. The lowest BCUT2D eigenvalue weighted by molar-refractivity contribution is 0.623. The third-order valence-corrected chi connectivity index (χ3v) is 5.79. The predicted molar refractivity (Wildman–Crippen MR) is 93.6 cm³/mol. The molecule has 0 saturated carbocycles. The van der Waals surface area contributed by atoms with Crippen molar-refractivity contribution in [1.29, 1.82) is 0 Å². The highest BCUT2D eigenvalue weighted by atomic mass is 35.5. The van der Waals surface area contributed by atoms with Crippen molar-refractivity contribution >= 4 is 29.1 Å². The van der Waals surface area contributed by atoms with Crippen LogP contribution in [0.5, 0.6) is 0 Å². The van der Waals surface area contributed by atoms with E-state index in [9.17, 15) is 4.79 Å². The molecule has 0 N–H and O–H groups in total. The van der Waals surface area contributed by atoms with Crippen LogP contribution in [0.2, 0.25) is 5.02 Å². The molecule has 0 spiro atoms. The Morgan fingerprint density at radius 3 is 2.73 bits per heavy atom. The van der Waals surface area contributed by atoms with Crippen molar-refractivity contribution in [3.8, 4) is 5.69 Å². The van der Waals surface area contributed by atoms with Crippen LogP contribution in [-0.4, -0.2) is 33.4 Å². The van der Waals surface area contributed by atoms with Gasteiger partial charge in [-0.25, -0.2) is 0 Å². The molecule has 2 unspecified atom stereocenters. The number of benzene rings is 1. The Kier molecular flexibility index (Phi) is 4.45. The van der Waals surface area contributed by atoms with Crippen molar-refractivity contribution in [2.75, 3.05) is 17.2 Å². The first kappa shape index (κ1) is 15.4. The maximum atomic E-state index is 12.6. The van der Waals surface area contributed by atoms with Gasteiger partial charge in [-0.1, -0.05) is 36.7 Å². The second kappa shape index (κ2) is 6.34. The SMILES string of the molecule is CC1SCCN(c2cnn(-c3ccccc3)c(=O)c2Cl)C1C. The minimum absolute atomic E-state index is 0.241. The molecule has 1 fully saturated rings. The van der Waals surface area contributed by atoms with Crippen LogP contribution in [-0.2, 0) is 0 Å². The molecule has 1 aromatic carbocycles. The lowest BCUT2D eigenvalue weighted by atomic mass is 10.2. The Hall–Kier alpha value is -1.46. The number of rotatable bonds is 2. The van der Waals surface area contributed by atoms with Gasteiger partial charge in [0.05, 0.1) is 17.6 Å². The Morgan fingerprint density at radius 2 is 2.00 bits per heavy atom. The maximum absolute atomic E-state index is 12.6. The summed E-state index contributed by atoms with van der Waals surface area (Å²) in [7, 11) is 0. The summed E-state index contributed by atoms with van der Waals surface area (Å²) in [6.07, 6.45) is 1.70. The number of thioether (sulfide) groups is 1. The zero-order valence-electron chi connectivity index (χ0n) is 12.6. The summed E-state index contributed by atoms with van der Waals surface area (Å²) >= 11 is 8.32. The van der Waals surface area contributed by atoms with Crippen LogP contribution in [0.4, 0.5) is 5.69 Å². The fourth-order valence-corrected chi connectivity index (χ4v) is 3.99. The van der Waals surface area contributed by atoms with Crippen molar-refractivity contribution in [3.05, 3.63) is 51.9 Å². The molecule has 1 aromatic heterocycles. The maximum Gasteiger partial charge on any atom is 0.292 e. The summed E-state index contributed by atoms with van der Waals surface area (Å²) < 4.78 is 1.35. The molecule has 0 amide bonds. The highest BCUT2D eigenvalue weighted by Crippen LogP contribution is 2.31. The standard InChI is InChI=1S/C16H18ClN3OS/c1-11-12(2)22-9-8-19(11)14-10-18-20(16(21)15(14)17)13-6-4-3-5-7-13/h3-7,10-12H,8-9H2,1-2H3. The van der Waals surface area contributed by atoms with E-state index in [-0.39, 0.29) is 10.6 Å². The molecular weight excluding hydrogens is 318 g/mol. The third kappa shape index (κ3) is 2.75. The zero-order valence-corrected chi connectivity index (χ0v) is 14.1. The number of nitrogens with zero attached hydrogens (tertiary/aromatic N) is 3. The van der Waals surface area contributed by atoms with Gasteiger partial charge in [0, 0.05) is 23.6 Å². The van der Waals surface area contributed by atoms with Crippen LogP contribution < -0.4 is 10.5 Å². The van der Waals surface area contributed by atoms with Crippen molar-refractivity contribution in [1.82, 2.24) is 9.78 Å². The first-order chi connectivity index (χ1) is 10.6. The minimum atomic E-state index is -0.275. The number of para-hydroxylation sites is 1. The van der Waals surface area contributed by atoms with E-state index >= 15 is 0 Å². The summed E-state index contributed by atoms with van der Waals surface area (Å²) in [5.74, 6) is 1.03. The van der Waals surface area contributed by atoms with E-state index in [1.54, 1.807) is 6.20 Å². The average Bonchev–Trinajstić information content (AvgIpc) is 2.54. The summed E-state index contributed by atoms with van der Waals surface area (Å²) in [6, 6.07) is 9.65. The highest BCUT2D eigenvalue weighted by Gasteiger charge is 2.28. The van der Waals surface area contributed by atoms with Crippen LogP contribution in [0, 0.1) is 0 Å². The second-order valence-corrected chi connectivity index (χ2v) is 7.27. The van der Waals surface area contributed by atoms with E-state index in [4.69, 9.17) is 11.6 Å². The molecule has 2 aromatic rings. The molecule has 22 heavy (non-hydrogen) atoms. The van der Waals surface area contributed by atoms with Crippen LogP contribution in [0.15, 0.2) is 41.3 Å². The first-order valence-electron chi connectivity index (χ1n) is 7.31. The summed E-state index contributed by atoms with van der Waals surface area (Å²) in [5, 5.41) is 5.06. The van der Waals surface area contributed by atoms with Crippen molar-refractivity contribution in [2.45, 2.75) is 25.1 Å². The molecule has 2 heterocycles. The monoisotopic (exact) mass is 335 g/mol. The molecule has 6 heteroatoms. The lowest BCUT2D eigenvalue weighted by Gasteiger charge is -2.39. The van der Waals surface area contributed by atoms with Gasteiger partial charge < -0.3 is 4.90 Å². The van der Waals surface area contributed by atoms with Gasteiger partial charge in [-0.3, -0.25) is 4.79 Å². The van der Waals surface area contributed by atoms with Crippen molar-refractivity contribution in [2.24, 2.45) is 0 Å². The Morgan fingerprint density at radius 1 is 1.27 bits per heavy atom. The fourth-order valence-electron chi connectivity index (χ4n) is 2.65. The zero-order chi connectivity index (χ0) is 15.7. The molecule has 1 aliphatic heterocycles. The number of hydrogen-bond donors (Lipinski definition) is 0. The first-order valence-corrected chi connectivity index (χ1v) is 8.74. The fraction of sp³-hybridized carbons (Fsp3) is 0.375. The Bertz CT molecular complexity index is 719. The summed E-state index contributed by atoms with van der Waals surface area (Å²) in [5.41, 5.74) is 1.18. The number of hydrogen-bond acceptors (Lipinski definition) is 4. The van der Waals surface area contributed by atoms with Gasteiger partial charge in [-0.2, -0.15) is 21.5 Å². The topological polar surface area (TPSA) is 38.1 Å². The molecule has 4 nitrogen and oxygen atoms in total. The van der Waals surface area contributed by atoms with Crippen molar-refractivity contribution < 1.29 is 0 Å². The largest absolute Gasteiger partial charge is 0.364 e. The highest BCUT2D eigenvalue weighted by molar-refractivity contribution is 8.00. The Labute approximate surface area is 139 Å². The second-order valence-electron chi connectivity index (χ2n) is 5.41. The van der Waals surface area contributed by atoms with E-state index in [0.29, 0.717) is 11.3 Å². The van der Waals surface area contributed by atoms with E-state index in [1.165, 1.54) is 4.68 Å². The van der Waals surface area contributed by atoms with Gasteiger partial charge in [0.2, 0.25) is 0 Å². The predicted octanol–water partition coefficient (Wildman–Crippen LogP) is 3.22. The number of anilines is 1. The molecular formula is C16H18ClN3OS. The number of aromatic nitrogens is 2. The molecule has 1 aliphatic rings. The van der Waals surface area contributed by atoms with Gasteiger partial charge in [0.15, 0.2) is 0 Å². The van der Waals surface area contributed by atoms with Crippen LogP contribution in [0.25, 0.3) is 5.69 Å². The van der Waals surface area contributed by atoms with Gasteiger partial charge in [0.25, 0.3) is 5.56 Å². The van der Waals surface area contributed by atoms with E-state index in [2.05, 4.69) is 23.8 Å². The van der Waals surface area contributed by atoms with E-state index < -0.39 is 0 Å². The Balaban J connectivity index is 2.02. The third-order valence-electron chi connectivity index (χ3n) is 4.09. The van der Waals surface area contributed by atoms with Crippen LogP contribution >= 0.6 is 23.4 Å². The van der Waals surface area contributed by atoms with Crippen molar-refractivity contribution in [3.63, 3.8) is 0 Å². The molecule has 3 rings (SSSR count). The van der Waals surface area contributed by atoms with Gasteiger partial charge in [-0.05, 0) is 19.1 Å². The normalized spacial score (nSPS) is 21.9. The van der Waals surface area contributed by atoms with Crippen LogP contribution in [0.1, 0.15) is 13.8 Å². The van der Waals surface area contributed by atoms with E-state index in [0.717, 1.165) is 23.7 Å². The smallest absolute Gasteiger partial charge is 0.292 e. The molecule has 0 bridgehead atoms. The summed E-state index contributed by atoms with van der Waals surface area (Å²) in [6.45, 7) is 5.25. The van der Waals surface area contributed by atoms with Gasteiger partial charge >= 0.3 is 0 Å². The molecule has 2 atom stereocenters. The van der Waals surface area contributed by atoms with Gasteiger partial charge in [-0.15, -0.1) is 0 Å². The molecule has 116 valence electrons. The minimum Gasteiger partial charge on any atom is -0.364 e. The summed E-state index contributed by atoms with van der Waals surface area (Å²) in [4.78, 5) is 14.7.